The fourth-order valence-electron chi connectivity index (χ4n) is 3.73. The number of carbonyl (C=O) groups is 2. The molecule has 2 amide bonds. The normalized spacial score (nSPS) is 14.0. The van der Waals surface area contributed by atoms with Crippen LogP contribution in [0.1, 0.15) is 22.3 Å². The topological polar surface area (TPSA) is 120 Å². The van der Waals surface area contributed by atoms with Crippen molar-refractivity contribution in [1.82, 2.24) is 20.6 Å². The lowest BCUT2D eigenvalue weighted by atomic mass is 9.97. The number of para-hydroxylation sites is 1. The lowest BCUT2D eigenvalue weighted by Gasteiger charge is -2.19. The van der Waals surface area contributed by atoms with Crippen LogP contribution in [0.5, 0.6) is 0 Å². The van der Waals surface area contributed by atoms with Crippen LogP contribution >= 0.6 is 0 Å². The first-order chi connectivity index (χ1) is 17.9. The van der Waals surface area contributed by atoms with Gasteiger partial charge in [-0.2, -0.15) is 0 Å². The molecule has 2 aromatic carbocycles. The highest BCUT2D eigenvalue weighted by Crippen LogP contribution is 2.25. The van der Waals surface area contributed by atoms with Crippen LogP contribution in [0.3, 0.4) is 0 Å². The number of amides is 2. The minimum absolute atomic E-state index is 0.0860. The van der Waals surface area contributed by atoms with E-state index in [0.29, 0.717) is 33.8 Å². The van der Waals surface area contributed by atoms with Crippen molar-refractivity contribution in [3.8, 4) is 11.4 Å². The van der Waals surface area contributed by atoms with Gasteiger partial charge in [0, 0.05) is 36.3 Å². The Kier molecular flexibility index (Phi) is 7.63. The zero-order valence-electron chi connectivity index (χ0n) is 20.3. The molecular weight excluding hydrogens is 471 g/mol. The van der Waals surface area contributed by atoms with Crippen LogP contribution in [0.4, 0.5) is 10.1 Å². The third-order valence-electron chi connectivity index (χ3n) is 5.64. The molecule has 0 fully saturated rings. The number of hydrogen-bond acceptors (Lipinski definition) is 6. The summed E-state index contributed by atoms with van der Waals surface area (Å²) in [6.45, 7) is 1.72. The van der Waals surface area contributed by atoms with Gasteiger partial charge < -0.3 is 21.4 Å². The van der Waals surface area contributed by atoms with Gasteiger partial charge in [-0.3, -0.25) is 9.59 Å². The van der Waals surface area contributed by atoms with E-state index in [9.17, 15) is 14.0 Å². The van der Waals surface area contributed by atoms with Crippen LogP contribution in [0.2, 0.25) is 0 Å². The molecule has 1 aromatic heterocycles. The Balaban J connectivity index is 1.69. The second-order valence-electron chi connectivity index (χ2n) is 8.27. The number of nitrogens with zero attached hydrogens (tertiary/aromatic N) is 2. The summed E-state index contributed by atoms with van der Waals surface area (Å²) in [6, 6.07) is 13.5. The predicted molar refractivity (Wildman–Crippen MR) is 140 cm³/mol. The molecule has 0 radical (unpaired) electrons. The summed E-state index contributed by atoms with van der Waals surface area (Å²) in [5.74, 6) is -1.01. The summed E-state index contributed by atoms with van der Waals surface area (Å²) in [5.41, 5.74) is 2.70. The van der Waals surface area contributed by atoms with Crippen molar-refractivity contribution in [2.45, 2.75) is 13.3 Å². The van der Waals surface area contributed by atoms with Crippen LogP contribution in [0.15, 0.2) is 96.1 Å². The fourth-order valence-corrected chi connectivity index (χ4v) is 3.73. The van der Waals surface area contributed by atoms with Gasteiger partial charge in [0.1, 0.15) is 11.6 Å². The van der Waals surface area contributed by atoms with Gasteiger partial charge in [0.05, 0.1) is 17.7 Å². The van der Waals surface area contributed by atoms with Gasteiger partial charge in [-0.15, -0.1) is 0 Å². The average molecular weight is 497 g/mol. The minimum atomic E-state index is -0.707. The largest absolute Gasteiger partial charge is 0.359 e. The van der Waals surface area contributed by atoms with Gasteiger partial charge in [-0.25, -0.2) is 14.4 Å². The van der Waals surface area contributed by atoms with E-state index in [0.717, 1.165) is 0 Å². The zero-order chi connectivity index (χ0) is 26.4. The molecule has 1 heterocycles. The highest BCUT2D eigenvalue weighted by Gasteiger charge is 2.21. The number of nitrogens with one attached hydrogen (secondary N) is 4. The summed E-state index contributed by atoms with van der Waals surface area (Å²) in [5, 5.41) is 17.0. The van der Waals surface area contributed by atoms with Crippen molar-refractivity contribution in [3.63, 3.8) is 0 Å². The summed E-state index contributed by atoms with van der Waals surface area (Å²) in [7, 11) is 1.54. The highest BCUT2D eigenvalue weighted by molar-refractivity contribution is 6.12. The van der Waals surface area contributed by atoms with Gasteiger partial charge in [0.25, 0.3) is 5.91 Å². The van der Waals surface area contributed by atoms with Crippen LogP contribution < -0.4 is 16.0 Å². The zero-order valence-corrected chi connectivity index (χ0v) is 20.3. The number of benzene rings is 2. The van der Waals surface area contributed by atoms with Crippen molar-refractivity contribution >= 4 is 23.2 Å². The van der Waals surface area contributed by atoms with Gasteiger partial charge >= 0.3 is 0 Å². The van der Waals surface area contributed by atoms with Crippen molar-refractivity contribution in [1.29, 1.82) is 5.41 Å². The first kappa shape index (κ1) is 25.2. The highest BCUT2D eigenvalue weighted by atomic mass is 19.1. The quantitative estimate of drug-likeness (QED) is 0.389. The Bertz CT molecular complexity index is 1450. The number of aromatic nitrogens is 2. The number of allylic oxidation sites excluding steroid dienone is 4. The monoisotopic (exact) mass is 496 g/mol. The van der Waals surface area contributed by atoms with Gasteiger partial charge in [0.2, 0.25) is 5.91 Å². The van der Waals surface area contributed by atoms with Crippen LogP contribution in [0, 0.1) is 18.2 Å². The molecule has 1 aliphatic rings. The summed E-state index contributed by atoms with van der Waals surface area (Å²) < 4.78 is 15.0. The maximum Gasteiger partial charge on any atom is 0.259 e. The summed E-state index contributed by atoms with van der Waals surface area (Å²) >= 11 is 0. The number of anilines is 1. The van der Waals surface area contributed by atoms with E-state index >= 15 is 0 Å². The molecule has 3 aromatic rings. The molecule has 0 aliphatic heterocycles. The van der Waals surface area contributed by atoms with Crippen molar-refractivity contribution in [2.75, 3.05) is 12.4 Å². The van der Waals surface area contributed by atoms with E-state index in [1.165, 1.54) is 12.1 Å². The molecular formula is C28H25FN6O2. The van der Waals surface area contributed by atoms with Crippen molar-refractivity contribution in [2.24, 2.45) is 0 Å². The second kappa shape index (κ2) is 11.2. The maximum atomic E-state index is 15.0. The van der Waals surface area contributed by atoms with E-state index in [2.05, 4.69) is 25.9 Å². The van der Waals surface area contributed by atoms with E-state index in [1.807, 2.05) is 18.2 Å². The Hall–Kier alpha value is -4.92. The maximum absolute atomic E-state index is 15.0. The average Bonchev–Trinajstić information content (AvgIpc) is 2.89. The molecule has 0 bridgehead atoms. The molecule has 0 atom stereocenters. The lowest BCUT2D eigenvalue weighted by molar-refractivity contribution is -0.119. The third kappa shape index (κ3) is 6.02. The molecule has 8 nitrogen and oxygen atoms in total. The molecule has 9 heteroatoms. The molecule has 0 spiro atoms. The fraction of sp³-hybridized carbons (Fsp3) is 0.107. The second-order valence-corrected chi connectivity index (χ2v) is 8.27. The van der Waals surface area contributed by atoms with E-state index in [4.69, 9.17) is 5.41 Å². The van der Waals surface area contributed by atoms with Gasteiger partial charge in [0.15, 0.2) is 5.82 Å². The van der Waals surface area contributed by atoms with Crippen molar-refractivity contribution < 1.29 is 14.0 Å². The smallest absolute Gasteiger partial charge is 0.259 e. The SMILES string of the molecule is CNC(=O)CC1=CC(=N)/C(=C(/NC(=O)c2cc(-c3ncccn3)c(C)cc2F)Nc2ccccc2)C=C1. The molecule has 0 saturated carbocycles. The summed E-state index contributed by atoms with van der Waals surface area (Å²) in [6.07, 6.45) is 8.17. The van der Waals surface area contributed by atoms with Crippen LogP contribution in [0.25, 0.3) is 11.4 Å². The minimum Gasteiger partial charge on any atom is -0.359 e. The molecule has 4 N–H and O–H groups in total. The molecule has 1 aliphatic carbocycles. The number of aryl methyl sites for hydroxylation is 1. The molecule has 0 saturated heterocycles. The Morgan fingerprint density at radius 1 is 1.03 bits per heavy atom. The van der Waals surface area contributed by atoms with E-state index in [1.54, 1.807) is 62.8 Å². The van der Waals surface area contributed by atoms with Crippen molar-refractivity contribution in [3.05, 3.63) is 113 Å². The Morgan fingerprint density at radius 2 is 1.76 bits per heavy atom. The first-order valence-electron chi connectivity index (χ1n) is 11.5. The summed E-state index contributed by atoms with van der Waals surface area (Å²) in [4.78, 5) is 33.5. The Labute approximate surface area is 213 Å². The van der Waals surface area contributed by atoms with Gasteiger partial charge in [-0.1, -0.05) is 24.3 Å². The molecule has 37 heavy (non-hydrogen) atoms. The number of halogens is 1. The van der Waals surface area contributed by atoms with Crippen LogP contribution in [-0.4, -0.2) is 34.5 Å². The molecule has 186 valence electrons. The first-order valence-corrected chi connectivity index (χ1v) is 11.5. The number of hydrogen-bond donors (Lipinski definition) is 4. The third-order valence-corrected chi connectivity index (χ3v) is 5.64. The predicted octanol–water partition coefficient (Wildman–Crippen LogP) is 4.30. The van der Waals surface area contributed by atoms with E-state index < -0.39 is 11.7 Å². The van der Waals surface area contributed by atoms with E-state index in [-0.39, 0.29) is 29.4 Å². The van der Waals surface area contributed by atoms with Gasteiger partial charge in [-0.05, 0) is 60.5 Å². The number of rotatable bonds is 7. The molecule has 0 unspecified atom stereocenters. The number of carbonyl (C=O) groups excluding carboxylic acids is 2. The lowest BCUT2D eigenvalue weighted by Crippen LogP contribution is -2.30. The standard InChI is InChI=1S/C28H25FN6O2/c1-17-13-23(29)22(16-21(17)26-32-11-6-12-33-26)28(37)35-27(34-19-7-4-3-5-8-19)20-10-9-18(14-24(20)30)15-25(36)31-2/h3-14,16,30,34H,15H2,1-2H3,(H,31,36)(H,35,37)/b27-20+,30-24?. The molecule has 4 rings (SSSR count). The van der Waals surface area contributed by atoms with Crippen LogP contribution in [-0.2, 0) is 4.79 Å². The Morgan fingerprint density at radius 3 is 2.43 bits per heavy atom.